The molecule has 0 aliphatic carbocycles. The molecule has 3 rings (SSSR count). The average molecular weight is 306 g/mol. The Morgan fingerprint density at radius 2 is 2.17 bits per heavy atom. The van der Waals surface area contributed by atoms with Crippen LogP contribution in [0.2, 0.25) is 0 Å². The number of nitriles is 1. The lowest BCUT2D eigenvalue weighted by Crippen LogP contribution is -2.27. The molecule has 2 aromatic rings. The number of primary amides is 1. The summed E-state index contributed by atoms with van der Waals surface area (Å²) in [6.45, 7) is 0.314. The van der Waals surface area contributed by atoms with Gasteiger partial charge in [0.2, 0.25) is 0 Å². The molecule has 1 aromatic heterocycles. The minimum Gasteiger partial charge on any atom is -0.486 e. The van der Waals surface area contributed by atoms with Crippen molar-refractivity contribution in [3.05, 3.63) is 65.7 Å². The average Bonchev–Trinajstić information content (AvgIpc) is 2.61. The van der Waals surface area contributed by atoms with Gasteiger partial charge >= 0.3 is 0 Å². The number of benzene rings is 1. The summed E-state index contributed by atoms with van der Waals surface area (Å²) in [5, 5.41) is 12.6. The fraction of sp³-hybridized carbons (Fsp3) is 0.118. The molecule has 0 fully saturated rings. The molecule has 114 valence electrons. The number of hydrogen-bond donors (Lipinski definition) is 2. The number of ether oxygens (including phenoxy) is 1. The van der Waals surface area contributed by atoms with Crippen LogP contribution in [0.5, 0.6) is 0 Å². The third-order valence-corrected chi connectivity index (χ3v) is 3.60. The van der Waals surface area contributed by atoms with Crippen molar-refractivity contribution in [2.75, 3.05) is 6.73 Å². The third-order valence-electron chi connectivity index (χ3n) is 3.60. The Kier molecular flexibility index (Phi) is 4.04. The molecular formula is C17H14N4O2. The van der Waals surface area contributed by atoms with Gasteiger partial charge in [-0.25, -0.2) is 4.98 Å². The summed E-state index contributed by atoms with van der Waals surface area (Å²) in [6.07, 6.45) is 4.74. The van der Waals surface area contributed by atoms with Crippen molar-refractivity contribution in [1.82, 2.24) is 10.3 Å². The Balaban J connectivity index is 2.32. The summed E-state index contributed by atoms with van der Waals surface area (Å²) >= 11 is 0. The van der Waals surface area contributed by atoms with E-state index in [0.717, 1.165) is 5.56 Å². The second-order valence-electron chi connectivity index (χ2n) is 4.97. The minimum atomic E-state index is -0.634. The van der Waals surface area contributed by atoms with Crippen molar-refractivity contribution >= 4 is 5.91 Å². The lowest BCUT2D eigenvalue weighted by Gasteiger charge is -2.24. The van der Waals surface area contributed by atoms with Gasteiger partial charge in [0, 0.05) is 17.3 Å². The highest BCUT2D eigenvalue weighted by Crippen LogP contribution is 2.34. The van der Waals surface area contributed by atoms with Gasteiger partial charge in [-0.3, -0.25) is 10.1 Å². The van der Waals surface area contributed by atoms with Crippen LogP contribution in [0.15, 0.2) is 48.9 Å². The van der Waals surface area contributed by atoms with Gasteiger partial charge in [0.05, 0.1) is 17.9 Å². The molecule has 0 radical (unpaired) electrons. The van der Waals surface area contributed by atoms with Crippen LogP contribution >= 0.6 is 0 Å². The smallest absolute Gasteiger partial charge is 0.267 e. The Labute approximate surface area is 133 Å². The number of carbonyl (C=O) groups is 1. The van der Waals surface area contributed by atoms with Gasteiger partial charge in [-0.2, -0.15) is 5.26 Å². The second kappa shape index (κ2) is 6.30. The molecule has 6 heteroatoms. The highest BCUT2D eigenvalue weighted by molar-refractivity contribution is 5.99. The highest BCUT2D eigenvalue weighted by atomic mass is 16.5. The molecule has 1 atom stereocenters. The predicted molar refractivity (Wildman–Crippen MR) is 83.9 cm³/mol. The monoisotopic (exact) mass is 306 g/mol. The molecule has 1 aliphatic heterocycles. The number of pyridine rings is 1. The molecule has 1 amide bonds. The first-order valence-corrected chi connectivity index (χ1v) is 7.02. The molecule has 3 N–H and O–H groups in total. The number of carbonyl (C=O) groups excluding carboxylic acids is 1. The van der Waals surface area contributed by atoms with E-state index in [2.05, 4.69) is 16.4 Å². The van der Waals surface area contributed by atoms with Crippen molar-refractivity contribution in [1.29, 1.82) is 5.26 Å². The van der Waals surface area contributed by atoms with Crippen molar-refractivity contribution in [3.8, 4) is 17.2 Å². The molecule has 1 aromatic carbocycles. The summed E-state index contributed by atoms with van der Waals surface area (Å²) in [6, 6.07) is 11.2. The predicted octanol–water partition coefficient (Wildman–Crippen LogP) is 1.85. The number of nitrogens with zero attached hydrogens (tertiary/aromatic N) is 2. The summed E-state index contributed by atoms with van der Waals surface area (Å²) in [5.41, 5.74) is 8.05. The van der Waals surface area contributed by atoms with Gasteiger partial charge in [0.15, 0.2) is 0 Å². The zero-order chi connectivity index (χ0) is 16.2. The van der Waals surface area contributed by atoms with E-state index < -0.39 is 5.91 Å². The SMILES string of the molecule is N#Cc1cnc(C(N)=O)c(-c2ccccc2)c1C1C=COCN1. The number of nitrogens with two attached hydrogens (primary N) is 1. The summed E-state index contributed by atoms with van der Waals surface area (Å²) < 4.78 is 5.14. The van der Waals surface area contributed by atoms with E-state index in [-0.39, 0.29) is 11.7 Å². The molecule has 6 nitrogen and oxygen atoms in total. The molecule has 0 bridgehead atoms. The molecule has 1 unspecified atom stereocenters. The zero-order valence-electron chi connectivity index (χ0n) is 12.2. The lowest BCUT2D eigenvalue weighted by atomic mass is 9.90. The first kappa shape index (κ1) is 14.8. The van der Waals surface area contributed by atoms with Crippen LogP contribution in [0.4, 0.5) is 0 Å². The van der Waals surface area contributed by atoms with Crippen LogP contribution in [-0.2, 0) is 4.74 Å². The number of nitrogens with one attached hydrogen (secondary N) is 1. The van der Waals surface area contributed by atoms with E-state index in [1.165, 1.54) is 6.20 Å². The van der Waals surface area contributed by atoms with Crippen LogP contribution in [-0.4, -0.2) is 17.6 Å². The van der Waals surface area contributed by atoms with E-state index in [9.17, 15) is 10.1 Å². The van der Waals surface area contributed by atoms with Crippen molar-refractivity contribution in [2.24, 2.45) is 5.73 Å². The Hall–Kier alpha value is -3.17. The van der Waals surface area contributed by atoms with Gasteiger partial charge in [-0.05, 0) is 11.6 Å². The maximum Gasteiger partial charge on any atom is 0.267 e. The number of amides is 1. The van der Waals surface area contributed by atoms with Crippen LogP contribution in [0.1, 0.15) is 27.7 Å². The van der Waals surface area contributed by atoms with Gasteiger partial charge in [0.1, 0.15) is 18.5 Å². The summed E-state index contributed by atoms with van der Waals surface area (Å²) in [4.78, 5) is 15.9. The van der Waals surface area contributed by atoms with Crippen LogP contribution < -0.4 is 11.1 Å². The van der Waals surface area contributed by atoms with Gasteiger partial charge in [0.25, 0.3) is 5.91 Å². The summed E-state index contributed by atoms with van der Waals surface area (Å²) in [7, 11) is 0. The molecule has 1 aliphatic rings. The maximum atomic E-state index is 11.8. The quantitative estimate of drug-likeness (QED) is 0.901. The topological polar surface area (TPSA) is 101 Å². The van der Waals surface area contributed by atoms with Crippen LogP contribution in [0.25, 0.3) is 11.1 Å². The normalized spacial score (nSPS) is 16.4. The minimum absolute atomic E-state index is 0.145. The van der Waals surface area contributed by atoms with Crippen LogP contribution in [0, 0.1) is 11.3 Å². The zero-order valence-corrected chi connectivity index (χ0v) is 12.2. The Bertz CT molecular complexity index is 809. The van der Waals surface area contributed by atoms with E-state index in [1.807, 2.05) is 30.3 Å². The van der Waals surface area contributed by atoms with Gasteiger partial charge in [-0.1, -0.05) is 30.3 Å². The first-order valence-electron chi connectivity index (χ1n) is 7.02. The van der Waals surface area contributed by atoms with Gasteiger partial charge < -0.3 is 10.5 Å². The Morgan fingerprint density at radius 1 is 1.39 bits per heavy atom. The molecule has 2 heterocycles. The number of hydrogen-bond acceptors (Lipinski definition) is 5. The molecule has 23 heavy (non-hydrogen) atoms. The lowest BCUT2D eigenvalue weighted by molar-refractivity contribution is 0.0996. The molecular weight excluding hydrogens is 292 g/mol. The number of aromatic nitrogens is 1. The molecule has 0 saturated heterocycles. The van der Waals surface area contributed by atoms with Crippen molar-refractivity contribution < 1.29 is 9.53 Å². The Morgan fingerprint density at radius 3 is 2.78 bits per heavy atom. The van der Waals surface area contributed by atoms with Crippen molar-refractivity contribution in [3.63, 3.8) is 0 Å². The number of rotatable bonds is 3. The van der Waals surface area contributed by atoms with Gasteiger partial charge in [-0.15, -0.1) is 0 Å². The van der Waals surface area contributed by atoms with E-state index in [1.54, 1.807) is 12.3 Å². The maximum absolute atomic E-state index is 11.8. The molecule has 0 saturated carbocycles. The molecule has 0 spiro atoms. The first-order chi connectivity index (χ1) is 11.2. The van der Waals surface area contributed by atoms with E-state index in [4.69, 9.17) is 10.5 Å². The fourth-order valence-electron chi connectivity index (χ4n) is 2.61. The second-order valence-corrected chi connectivity index (χ2v) is 4.97. The standard InChI is InChI=1S/C17H14N4O2/c18-8-12-9-20-16(17(19)22)15(11-4-2-1-3-5-11)14(12)13-6-7-23-10-21-13/h1-7,9,13,21H,10H2,(H2,19,22). The van der Waals surface area contributed by atoms with Crippen LogP contribution in [0.3, 0.4) is 0 Å². The summed E-state index contributed by atoms with van der Waals surface area (Å²) in [5.74, 6) is -0.634. The highest BCUT2D eigenvalue weighted by Gasteiger charge is 2.25. The fourth-order valence-corrected chi connectivity index (χ4v) is 2.61. The largest absolute Gasteiger partial charge is 0.486 e. The van der Waals surface area contributed by atoms with E-state index in [0.29, 0.717) is 23.4 Å². The third kappa shape index (κ3) is 2.78. The van der Waals surface area contributed by atoms with E-state index >= 15 is 0 Å². The van der Waals surface area contributed by atoms with Crippen molar-refractivity contribution in [2.45, 2.75) is 6.04 Å².